The molecule has 2 aliphatic rings. The highest BCUT2D eigenvalue weighted by atomic mass is 35.5. The Morgan fingerprint density at radius 2 is 1.11 bits per heavy atom. The van der Waals surface area contributed by atoms with Gasteiger partial charge in [0.1, 0.15) is 17.4 Å². The van der Waals surface area contributed by atoms with Gasteiger partial charge in [-0.25, -0.2) is 9.97 Å². The first kappa shape index (κ1) is 38.9. The lowest BCUT2D eigenvalue weighted by Gasteiger charge is -2.27. The van der Waals surface area contributed by atoms with Crippen molar-refractivity contribution in [1.29, 1.82) is 0 Å². The van der Waals surface area contributed by atoms with E-state index in [1.807, 2.05) is 36.4 Å². The van der Waals surface area contributed by atoms with Crippen LogP contribution in [-0.2, 0) is 23.6 Å². The number of ether oxygens (including phenoxy) is 1. The molecule has 15 heteroatoms. The molecule has 0 atom stereocenters. The highest BCUT2D eigenvalue weighted by Gasteiger charge is 2.23. The first-order valence-electron chi connectivity index (χ1n) is 18.6. The largest absolute Gasteiger partial charge is 0.465 e. The molecule has 56 heavy (non-hydrogen) atoms. The van der Waals surface area contributed by atoms with Gasteiger partial charge in [-0.2, -0.15) is 9.97 Å². The Labute approximate surface area is 332 Å². The fourth-order valence-electron chi connectivity index (χ4n) is 7.38. The molecule has 13 nitrogen and oxygen atoms in total. The van der Waals surface area contributed by atoms with Gasteiger partial charge in [0.25, 0.3) is 17.6 Å². The third-order valence-corrected chi connectivity index (χ3v) is 11.2. The Bertz CT molecular complexity index is 2490. The average Bonchev–Trinajstić information content (AvgIpc) is 3.20. The number of hydrogen-bond donors (Lipinski definition) is 3. The number of nitrogens with zero attached hydrogens (tertiary/aromatic N) is 6. The molecule has 0 unspecified atom stereocenters. The number of nitrogens with one attached hydrogen (secondary N) is 2. The maximum atomic E-state index is 12.9. The number of aryl methyl sites for hydroxylation is 2. The van der Waals surface area contributed by atoms with Crippen LogP contribution in [0.5, 0.6) is 0 Å². The maximum absolute atomic E-state index is 12.9. The first-order valence-corrected chi connectivity index (χ1v) is 19.4. The Hall–Kier alpha value is -5.37. The summed E-state index contributed by atoms with van der Waals surface area (Å²) in [4.78, 5) is 54.2. The molecule has 0 radical (unpaired) electrons. The molecule has 0 bridgehead atoms. The van der Waals surface area contributed by atoms with Crippen LogP contribution in [0.25, 0.3) is 44.3 Å². The highest BCUT2D eigenvalue weighted by molar-refractivity contribution is 6.33. The Morgan fingerprint density at radius 1 is 0.679 bits per heavy atom. The van der Waals surface area contributed by atoms with Gasteiger partial charge in [0.2, 0.25) is 11.9 Å². The summed E-state index contributed by atoms with van der Waals surface area (Å²) in [7, 11) is 3.41. The third-order valence-electron chi connectivity index (χ3n) is 10.5. The molecule has 3 N–H and O–H groups in total. The quantitative estimate of drug-likeness (QED) is 0.137. The van der Waals surface area contributed by atoms with E-state index < -0.39 is 0 Å². The standard InChI is InChI=1S/C21H21ClN4O3.C20H21ClN4O2/c1-26-19-13(10-17(20(26)28)16-4-2-3-5-18(16)22)11-23-21(25-19)24-14-6-8-15(9-7-14)29-12-27;1-25-18-12(10-16(19(25)27)15-4-2-3-5-17(15)21)11-22-20(24-18)23-13-6-8-14(26)9-7-13/h2-5,10-12,14-15H,6-9H2,1H3,(H,23,24,25);2-5,10-11,13-14,26H,6-9H2,1H3,(H,22,23,24). The van der Waals surface area contributed by atoms with Crippen molar-refractivity contribution < 1.29 is 14.6 Å². The molecule has 290 valence electrons. The number of aliphatic hydroxyl groups is 1. The predicted molar refractivity (Wildman–Crippen MR) is 219 cm³/mol. The van der Waals surface area contributed by atoms with Gasteiger partial charge in [-0.3, -0.25) is 23.5 Å². The van der Waals surface area contributed by atoms with Crippen molar-refractivity contribution in [1.82, 2.24) is 29.1 Å². The minimum Gasteiger partial charge on any atom is -0.465 e. The zero-order valence-corrected chi connectivity index (χ0v) is 32.5. The van der Waals surface area contributed by atoms with Gasteiger partial charge in [0, 0.05) is 81.6 Å². The van der Waals surface area contributed by atoms with E-state index in [9.17, 15) is 19.5 Å². The van der Waals surface area contributed by atoms with Gasteiger partial charge in [0.05, 0.1) is 6.10 Å². The molecule has 4 heterocycles. The summed E-state index contributed by atoms with van der Waals surface area (Å²) in [5.74, 6) is 0.988. The number of carbonyl (C=O) groups is 1. The summed E-state index contributed by atoms with van der Waals surface area (Å²) in [6, 6.07) is 18.6. The van der Waals surface area contributed by atoms with Crippen LogP contribution >= 0.6 is 23.2 Å². The molecule has 2 fully saturated rings. The van der Waals surface area contributed by atoms with Crippen LogP contribution in [0.15, 0.2) is 82.6 Å². The van der Waals surface area contributed by atoms with Crippen molar-refractivity contribution in [3.63, 3.8) is 0 Å². The molecular formula is C41H42Cl2N8O5. The molecule has 8 rings (SSSR count). The predicted octanol–water partition coefficient (Wildman–Crippen LogP) is 6.91. The second kappa shape index (κ2) is 17.2. The van der Waals surface area contributed by atoms with Crippen LogP contribution in [0, 0.1) is 0 Å². The molecule has 0 saturated heterocycles. The molecule has 0 spiro atoms. The SMILES string of the molecule is Cn1c(=O)c(-c2ccccc2Cl)cc2cnc(NC3CCC(O)CC3)nc21.Cn1c(=O)c(-c2ccccc2Cl)cc2cnc(NC3CCC(OC=O)CC3)nc21. The van der Waals surface area contributed by atoms with E-state index in [2.05, 4.69) is 30.6 Å². The van der Waals surface area contributed by atoms with E-state index in [4.69, 9.17) is 27.9 Å². The summed E-state index contributed by atoms with van der Waals surface area (Å²) >= 11 is 12.6. The second-order valence-corrected chi connectivity index (χ2v) is 15.1. The summed E-state index contributed by atoms with van der Waals surface area (Å²) in [6.07, 6.45) is 9.91. The number of rotatable bonds is 8. The molecule has 2 saturated carbocycles. The Balaban J connectivity index is 0.000000172. The van der Waals surface area contributed by atoms with Crippen LogP contribution in [0.4, 0.5) is 11.9 Å². The molecule has 4 aromatic heterocycles. The van der Waals surface area contributed by atoms with Gasteiger partial charge >= 0.3 is 0 Å². The number of anilines is 2. The lowest BCUT2D eigenvalue weighted by atomic mass is 9.93. The maximum Gasteiger partial charge on any atom is 0.293 e. The second-order valence-electron chi connectivity index (χ2n) is 14.2. The number of hydrogen-bond acceptors (Lipinski definition) is 11. The highest BCUT2D eigenvalue weighted by Crippen LogP contribution is 2.29. The van der Waals surface area contributed by atoms with Gasteiger partial charge in [0.15, 0.2) is 0 Å². The van der Waals surface area contributed by atoms with Gasteiger partial charge in [-0.15, -0.1) is 0 Å². The average molecular weight is 798 g/mol. The number of fused-ring (bicyclic) bond motifs is 2. The monoisotopic (exact) mass is 796 g/mol. The number of aliphatic hydroxyl groups excluding tert-OH is 1. The zero-order chi connectivity index (χ0) is 39.3. The van der Waals surface area contributed by atoms with E-state index in [0.717, 1.165) is 62.1 Å². The molecule has 2 aromatic carbocycles. The summed E-state index contributed by atoms with van der Waals surface area (Å²) in [5.41, 5.74) is 3.25. The van der Waals surface area contributed by atoms with Gasteiger partial charge < -0.3 is 20.5 Å². The van der Waals surface area contributed by atoms with Crippen molar-refractivity contribution in [2.75, 3.05) is 10.6 Å². The summed E-state index contributed by atoms with van der Waals surface area (Å²) in [5, 5.41) is 18.9. The molecule has 6 aromatic rings. The Morgan fingerprint density at radius 3 is 1.54 bits per heavy atom. The van der Waals surface area contributed by atoms with E-state index in [-0.39, 0.29) is 35.4 Å². The number of carbonyl (C=O) groups excluding carboxylic acids is 1. The van der Waals surface area contributed by atoms with Crippen molar-refractivity contribution in [2.24, 2.45) is 14.1 Å². The topological polar surface area (TPSA) is 166 Å². The van der Waals surface area contributed by atoms with Crippen molar-refractivity contribution in [3.05, 3.63) is 104 Å². The van der Waals surface area contributed by atoms with E-state index in [0.29, 0.717) is 62.0 Å². The fourth-order valence-corrected chi connectivity index (χ4v) is 7.86. The Kier molecular flexibility index (Phi) is 11.9. The number of halogens is 2. The van der Waals surface area contributed by atoms with Crippen LogP contribution in [-0.4, -0.2) is 64.9 Å². The van der Waals surface area contributed by atoms with E-state index in [1.165, 1.54) is 9.13 Å². The number of aromatic nitrogens is 6. The fraction of sp³-hybridized carbons (Fsp3) is 0.341. The normalized spacial score (nSPS) is 19.5. The molecule has 0 amide bonds. The van der Waals surface area contributed by atoms with Crippen molar-refractivity contribution in [3.8, 4) is 22.3 Å². The van der Waals surface area contributed by atoms with E-state index in [1.54, 1.807) is 50.8 Å². The third kappa shape index (κ3) is 8.54. The van der Waals surface area contributed by atoms with Gasteiger partial charge in [-0.05, 0) is 75.6 Å². The lowest BCUT2D eigenvalue weighted by molar-refractivity contribution is -0.134. The number of benzene rings is 2. The van der Waals surface area contributed by atoms with Crippen LogP contribution < -0.4 is 21.8 Å². The van der Waals surface area contributed by atoms with Crippen LogP contribution in [0.1, 0.15) is 51.4 Å². The molecular weight excluding hydrogens is 755 g/mol. The van der Waals surface area contributed by atoms with Gasteiger partial charge in [-0.1, -0.05) is 59.6 Å². The zero-order valence-electron chi connectivity index (χ0n) is 31.0. The molecule has 0 aliphatic heterocycles. The smallest absolute Gasteiger partial charge is 0.293 e. The summed E-state index contributed by atoms with van der Waals surface area (Å²) in [6.45, 7) is 0.516. The lowest BCUT2D eigenvalue weighted by Crippen LogP contribution is -2.30. The van der Waals surface area contributed by atoms with E-state index >= 15 is 0 Å². The van der Waals surface area contributed by atoms with Crippen LogP contribution in [0.3, 0.4) is 0 Å². The number of pyridine rings is 2. The van der Waals surface area contributed by atoms with Crippen molar-refractivity contribution >= 4 is 63.6 Å². The first-order chi connectivity index (χ1) is 27.1. The molecule has 2 aliphatic carbocycles. The minimum atomic E-state index is -0.204. The van der Waals surface area contributed by atoms with Crippen LogP contribution in [0.2, 0.25) is 10.0 Å². The summed E-state index contributed by atoms with van der Waals surface area (Å²) < 4.78 is 8.09. The van der Waals surface area contributed by atoms with Crippen molar-refractivity contribution in [2.45, 2.75) is 75.7 Å². The minimum absolute atomic E-state index is 0.00729.